The molecule has 0 fully saturated rings. The van der Waals surface area contributed by atoms with E-state index in [0.29, 0.717) is 0 Å². The first-order valence-corrected chi connectivity index (χ1v) is 0. The zero-order valence-electron chi connectivity index (χ0n) is 3.01. The standard InChI is InChI=1S/BH4.4ClH.Na.Ti/h1H4;4*1H;;/q-1;;;;;+1;+4/p-4. The van der Waals surface area contributed by atoms with E-state index in [9.17, 15) is 0 Å². The van der Waals surface area contributed by atoms with Gasteiger partial charge < -0.3 is 49.6 Å². The molecule has 7 heavy (non-hydrogen) atoms. The number of rotatable bonds is 0. The summed E-state index contributed by atoms with van der Waals surface area (Å²) in [6.45, 7) is 0. The van der Waals surface area contributed by atoms with Crippen LogP contribution in [-0.4, -0.2) is 8.41 Å². The minimum Gasteiger partial charge on any atom is -1.00 e. The van der Waals surface area contributed by atoms with Crippen molar-refractivity contribution in [1.82, 2.24) is 0 Å². The molecule has 40 valence electrons. The Morgan fingerprint density at radius 2 is 0.571 bits per heavy atom. The van der Waals surface area contributed by atoms with Gasteiger partial charge in [-0.25, -0.2) is 0 Å². The maximum absolute atomic E-state index is 0. The van der Waals surface area contributed by atoms with Gasteiger partial charge in [-0.2, -0.15) is 0 Å². The van der Waals surface area contributed by atoms with Crippen molar-refractivity contribution in [2.24, 2.45) is 0 Å². The van der Waals surface area contributed by atoms with E-state index in [0.717, 1.165) is 0 Å². The van der Waals surface area contributed by atoms with Crippen LogP contribution in [0.4, 0.5) is 0 Å². The van der Waals surface area contributed by atoms with Crippen molar-refractivity contribution in [3.8, 4) is 0 Å². The number of hydrogen-bond donors (Lipinski definition) is 0. The molecule has 0 bridgehead atoms. The molecule has 0 aromatic carbocycles. The largest absolute Gasteiger partial charge is 4.00 e. The topological polar surface area (TPSA) is 0 Å². The zero-order chi connectivity index (χ0) is 0. The molecule has 0 rings (SSSR count). The van der Waals surface area contributed by atoms with Crippen LogP contribution in [0, 0.1) is 0 Å². The first-order valence-electron chi connectivity index (χ1n) is 0. The molecule has 0 heterocycles. The predicted molar refractivity (Wildman–Crippen MR) is 11.3 cm³/mol. The van der Waals surface area contributed by atoms with E-state index in [1.165, 1.54) is 0 Å². The molecule has 0 atom stereocenters. The third-order valence-electron chi connectivity index (χ3n) is 0. The summed E-state index contributed by atoms with van der Waals surface area (Å²) in [6.07, 6.45) is 0. The summed E-state index contributed by atoms with van der Waals surface area (Å²) < 4.78 is 0. The molecular weight excluding hydrogens is 223 g/mol. The van der Waals surface area contributed by atoms with E-state index in [1.807, 2.05) is 0 Å². The van der Waals surface area contributed by atoms with Crippen molar-refractivity contribution < 1.29 is 101 Å². The summed E-state index contributed by atoms with van der Waals surface area (Å²) in [5.41, 5.74) is 0. The van der Waals surface area contributed by atoms with Crippen LogP contribution in [0.3, 0.4) is 0 Å². The van der Waals surface area contributed by atoms with Crippen LogP contribution < -0.4 is 79.2 Å². The van der Waals surface area contributed by atoms with Crippen LogP contribution in [0.25, 0.3) is 0 Å². The predicted octanol–water partition coefficient (Wildman–Crippen LogP) is -16.4. The Hall–Kier alpha value is 2.94. The Morgan fingerprint density at radius 3 is 0.571 bits per heavy atom. The summed E-state index contributed by atoms with van der Waals surface area (Å²) in [5.74, 6) is 0. The van der Waals surface area contributed by atoms with Crippen molar-refractivity contribution in [2.45, 2.75) is 0 Å². The molecule has 0 amide bonds. The van der Waals surface area contributed by atoms with Crippen molar-refractivity contribution in [1.29, 1.82) is 0 Å². The molecule has 0 aromatic heterocycles. The van der Waals surface area contributed by atoms with Crippen molar-refractivity contribution in [3.05, 3.63) is 0 Å². The van der Waals surface area contributed by atoms with E-state index in [1.54, 1.807) is 0 Å². The Bertz CT molecular complexity index is 11.7. The van der Waals surface area contributed by atoms with Gasteiger partial charge in [-0.15, -0.1) is 0 Å². The molecule has 0 aliphatic rings. The fourth-order valence-corrected chi connectivity index (χ4v) is 0. The third-order valence-corrected chi connectivity index (χ3v) is 0. The first-order chi connectivity index (χ1) is 0. The van der Waals surface area contributed by atoms with Gasteiger partial charge in [0, 0.05) is 0 Å². The van der Waals surface area contributed by atoms with Crippen LogP contribution in [0.1, 0.15) is 0 Å². The fourth-order valence-electron chi connectivity index (χ4n) is 0. The van der Waals surface area contributed by atoms with E-state index in [4.69, 9.17) is 0 Å². The number of hydrogen-bond acceptors (Lipinski definition) is 0. The maximum Gasteiger partial charge on any atom is 4.00 e. The molecule has 7 heteroatoms. The van der Waals surface area contributed by atoms with Gasteiger partial charge in [-0.1, -0.05) is 8.41 Å². The molecule has 0 saturated carbocycles. The van der Waals surface area contributed by atoms with Gasteiger partial charge >= 0.3 is 51.3 Å². The Labute approximate surface area is 108 Å². The Balaban J connectivity index is 0. The van der Waals surface area contributed by atoms with E-state index >= 15 is 0 Å². The average Bonchev–Trinajstić information content (AvgIpc) is 0. The molecular formula is H4BCl4NaTi. The first kappa shape index (κ1) is 91.9. The molecule has 0 aliphatic carbocycles. The van der Waals surface area contributed by atoms with Crippen LogP contribution in [0.2, 0.25) is 0 Å². The van der Waals surface area contributed by atoms with Crippen LogP contribution >= 0.6 is 0 Å². The quantitative estimate of drug-likeness (QED) is 0.361. The molecule has 0 unspecified atom stereocenters. The normalized spacial score (nSPS) is 0. The van der Waals surface area contributed by atoms with Crippen LogP contribution in [0.5, 0.6) is 0 Å². The van der Waals surface area contributed by atoms with Gasteiger partial charge in [0.15, 0.2) is 0 Å². The zero-order valence-corrected chi connectivity index (χ0v) is 9.60. The fraction of sp³-hybridized carbons (Fsp3) is 0. The maximum atomic E-state index is 0. The molecule has 0 radical (unpaired) electrons. The minimum absolute atomic E-state index is 0. The molecule has 0 saturated heterocycles. The number of halogens is 4. The van der Waals surface area contributed by atoms with Gasteiger partial charge in [0.05, 0.1) is 0 Å². The van der Waals surface area contributed by atoms with Gasteiger partial charge in [0.2, 0.25) is 0 Å². The second-order valence-corrected chi connectivity index (χ2v) is 0. The van der Waals surface area contributed by atoms with E-state index < -0.39 is 0 Å². The molecule has 0 nitrogen and oxygen atoms in total. The van der Waals surface area contributed by atoms with Gasteiger partial charge in [-0.05, 0) is 0 Å². The van der Waals surface area contributed by atoms with Crippen molar-refractivity contribution in [3.63, 3.8) is 0 Å². The van der Waals surface area contributed by atoms with Crippen molar-refractivity contribution >= 4 is 8.41 Å². The summed E-state index contributed by atoms with van der Waals surface area (Å²) in [7, 11) is 0. The molecule has 0 N–H and O–H groups in total. The van der Waals surface area contributed by atoms with Crippen molar-refractivity contribution in [2.75, 3.05) is 0 Å². The van der Waals surface area contributed by atoms with Gasteiger partial charge in [0.1, 0.15) is 0 Å². The SMILES string of the molecule is [BH4-].[Cl-].[Cl-].[Cl-].[Cl-].[Na+].[Ti+4]. The smallest absolute Gasteiger partial charge is 1.00 e. The second-order valence-electron chi connectivity index (χ2n) is 0. The Kier molecular flexibility index (Phi) is 857. The third kappa shape index (κ3) is 49.8. The van der Waals surface area contributed by atoms with E-state index in [2.05, 4.69) is 0 Å². The molecule has 0 aliphatic heterocycles. The summed E-state index contributed by atoms with van der Waals surface area (Å²) >= 11 is 0. The Morgan fingerprint density at radius 1 is 0.571 bits per heavy atom. The molecule has 0 aromatic rings. The monoisotopic (exact) mass is 226 g/mol. The summed E-state index contributed by atoms with van der Waals surface area (Å²) in [4.78, 5) is 0. The van der Waals surface area contributed by atoms with Crippen LogP contribution in [0.15, 0.2) is 0 Å². The summed E-state index contributed by atoms with van der Waals surface area (Å²) in [5, 5.41) is 0. The van der Waals surface area contributed by atoms with E-state index in [-0.39, 0.29) is 109 Å². The van der Waals surface area contributed by atoms with Gasteiger partial charge in [-0.3, -0.25) is 0 Å². The average molecular weight is 228 g/mol. The minimum atomic E-state index is 0. The van der Waals surface area contributed by atoms with Gasteiger partial charge in [0.25, 0.3) is 0 Å². The molecule has 0 spiro atoms. The summed E-state index contributed by atoms with van der Waals surface area (Å²) in [6, 6.07) is 0. The second kappa shape index (κ2) is 65.2. The van der Waals surface area contributed by atoms with Crippen LogP contribution in [-0.2, 0) is 21.7 Å².